The van der Waals surface area contributed by atoms with Crippen molar-refractivity contribution in [3.05, 3.63) is 66.1 Å². The number of aliphatic carboxylic acids is 1. The van der Waals surface area contributed by atoms with E-state index < -0.39 is 63.7 Å². The number of aromatic nitrogens is 2. The van der Waals surface area contributed by atoms with E-state index in [1.807, 2.05) is 31.4 Å². The van der Waals surface area contributed by atoms with Gasteiger partial charge in [0, 0.05) is 54.2 Å². The number of amides is 3. The maximum atomic E-state index is 14.4. The first kappa shape index (κ1) is 42.4. The van der Waals surface area contributed by atoms with Gasteiger partial charge in [0.05, 0.1) is 37.0 Å². The molecule has 1 saturated carbocycles. The number of thiazole rings is 1. The SMILES string of the molecule is COc1ccc2c(O[C@@H]3C[C@@H](C(=O)N[C@]45C[C@@H]4C=CCCCCCNc4ccccc4S(=O)(=O)NC5=O)N(C(=O)CCC(=O)O)C3)cc(-c3csc(NC(C)C)n3)nc2c1. The molecule has 18 heteroatoms. The molecule has 2 aliphatic heterocycles. The van der Waals surface area contributed by atoms with Crippen molar-refractivity contribution in [2.75, 3.05) is 30.8 Å². The lowest BCUT2D eigenvalue weighted by molar-refractivity contribution is -0.143. The van der Waals surface area contributed by atoms with E-state index in [0.29, 0.717) is 46.0 Å². The van der Waals surface area contributed by atoms with Gasteiger partial charge >= 0.3 is 5.97 Å². The topological polar surface area (TPSA) is 218 Å². The molecular formula is C42H49N7O9S2. The Hall–Kier alpha value is -5.75. The minimum absolute atomic E-state index is 0.00530. The van der Waals surface area contributed by atoms with E-state index in [-0.39, 0.29) is 36.7 Å². The zero-order chi connectivity index (χ0) is 42.6. The monoisotopic (exact) mass is 859 g/mol. The standard InChI is InChI=1S/C42H49N7O9S2/c1-25(2)44-41-46-33(24-59-41)32-21-35(29-15-14-27(57-3)19-31(29)45-32)58-28-20-34(49(23-28)37(50)16-17-38(51)52)39(53)47-42-22-26(42)11-7-5-4-6-10-18-43-30-12-8-9-13-36(30)60(55,56)48-40(42)54/h7-9,11-15,19,21,24-26,28,34,43H,4-6,10,16-18,20,22-23H2,1-3H3,(H,44,46)(H,47,53)(H,48,54)(H,51,52)/t26-,28+,34-,42+/m0/s1. The van der Waals surface area contributed by atoms with Crippen molar-refractivity contribution < 1.29 is 42.2 Å². The Morgan fingerprint density at radius 1 is 1.07 bits per heavy atom. The number of anilines is 2. The lowest BCUT2D eigenvalue weighted by Crippen LogP contribution is -2.56. The van der Waals surface area contributed by atoms with E-state index >= 15 is 0 Å². The number of para-hydroxylation sites is 1. The number of pyridine rings is 1. The van der Waals surface area contributed by atoms with Crippen molar-refractivity contribution in [1.29, 1.82) is 0 Å². The number of hydrogen-bond donors (Lipinski definition) is 5. The number of fused-ring (bicyclic) bond motifs is 3. The molecule has 2 aromatic heterocycles. The van der Waals surface area contributed by atoms with Crippen molar-refractivity contribution in [2.24, 2.45) is 5.92 Å². The van der Waals surface area contributed by atoms with Gasteiger partial charge in [-0.2, -0.15) is 0 Å². The molecule has 4 heterocycles. The fraction of sp³-hybridized carbons (Fsp3) is 0.429. The van der Waals surface area contributed by atoms with Crippen molar-refractivity contribution in [3.63, 3.8) is 0 Å². The molecule has 4 aromatic rings. The van der Waals surface area contributed by atoms with Crippen LogP contribution >= 0.6 is 11.3 Å². The van der Waals surface area contributed by atoms with Crippen molar-refractivity contribution >= 4 is 66.8 Å². The summed E-state index contributed by atoms with van der Waals surface area (Å²) >= 11 is 1.43. The minimum Gasteiger partial charge on any atom is -0.497 e. The number of sulfonamides is 1. The van der Waals surface area contributed by atoms with Gasteiger partial charge in [0.2, 0.25) is 11.8 Å². The van der Waals surface area contributed by atoms with E-state index in [2.05, 4.69) is 20.7 Å². The minimum atomic E-state index is -4.38. The zero-order valence-corrected chi connectivity index (χ0v) is 35.2. The van der Waals surface area contributed by atoms with Gasteiger partial charge in [-0.15, -0.1) is 11.3 Å². The predicted molar refractivity (Wildman–Crippen MR) is 226 cm³/mol. The summed E-state index contributed by atoms with van der Waals surface area (Å²) in [5.41, 5.74) is 0.431. The highest BCUT2D eigenvalue weighted by Crippen LogP contribution is 2.46. The van der Waals surface area contributed by atoms with Gasteiger partial charge < -0.3 is 35.4 Å². The van der Waals surface area contributed by atoms with Crippen LogP contribution in [0.4, 0.5) is 10.8 Å². The summed E-state index contributed by atoms with van der Waals surface area (Å²) in [6, 6.07) is 12.4. The molecule has 3 aliphatic rings. The van der Waals surface area contributed by atoms with E-state index in [1.165, 1.54) is 22.3 Å². The molecule has 0 spiro atoms. The van der Waals surface area contributed by atoms with Crippen molar-refractivity contribution in [1.82, 2.24) is 24.9 Å². The molecule has 318 valence electrons. The molecule has 16 nitrogen and oxygen atoms in total. The highest BCUT2D eigenvalue weighted by molar-refractivity contribution is 7.90. The number of nitrogens with one attached hydrogen (secondary N) is 4. The smallest absolute Gasteiger partial charge is 0.303 e. The highest BCUT2D eigenvalue weighted by Gasteiger charge is 2.61. The third-order valence-corrected chi connectivity index (χ3v) is 13.0. The van der Waals surface area contributed by atoms with Crippen molar-refractivity contribution in [3.8, 4) is 22.9 Å². The number of hydrogen-bond acceptors (Lipinski definition) is 13. The number of methoxy groups -OCH3 is 1. The maximum absolute atomic E-state index is 14.4. The number of benzene rings is 2. The second-order valence-corrected chi connectivity index (χ2v) is 18.1. The summed E-state index contributed by atoms with van der Waals surface area (Å²) in [6.07, 6.45) is 5.68. The van der Waals surface area contributed by atoms with Crippen LogP contribution in [-0.2, 0) is 29.2 Å². The van der Waals surface area contributed by atoms with Crippen LogP contribution in [0.3, 0.4) is 0 Å². The molecule has 2 fully saturated rings. The van der Waals surface area contributed by atoms with Crippen LogP contribution in [0.2, 0.25) is 0 Å². The maximum Gasteiger partial charge on any atom is 0.303 e. The number of rotatable bonds is 11. The molecule has 4 atom stereocenters. The number of carboxylic acids is 1. The number of likely N-dealkylation sites (tertiary alicyclic amines) is 1. The van der Waals surface area contributed by atoms with Crippen LogP contribution in [0.15, 0.2) is 71.0 Å². The number of carboxylic acid groups (broad SMARTS) is 1. The Morgan fingerprint density at radius 3 is 2.67 bits per heavy atom. The summed E-state index contributed by atoms with van der Waals surface area (Å²) in [5.74, 6) is -2.86. The third kappa shape index (κ3) is 9.49. The van der Waals surface area contributed by atoms with Gasteiger partial charge in [0.15, 0.2) is 5.13 Å². The first-order valence-corrected chi connectivity index (χ1v) is 22.4. The summed E-state index contributed by atoms with van der Waals surface area (Å²) in [4.78, 5) is 64.5. The molecular weight excluding hydrogens is 811 g/mol. The molecule has 3 amide bonds. The molecule has 2 aromatic carbocycles. The van der Waals surface area contributed by atoms with Gasteiger partial charge in [-0.25, -0.2) is 23.1 Å². The van der Waals surface area contributed by atoms with Crippen LogP contribution in [0, 0.1) is 5.92 Å². The van der Waals surface area contributed by atoms with Gasteiger partial charge in [-0.05, 0) is 63.8 Å². The fourth-order valence-electron chi connectivity index (χ4n) is 7.63. The van der Waals surface area contributed by atoms with Gasteiger partial charge in [-0.3, -0.25) is 19.2 Å². The number of carbonyl (C=O) groups excluding carboxylic acids is 3. The van der Waals surface area contributed by atoms with Crippen LogP contribution in [0.1, 0.15) is 65.2 Å². The molecule has 0 bridgehead atoms. The van der Waals surface area contributed by atoms with E-state index in [1.54, 1.807) is 49.6 Å². The number of allylic oxidation sites excluding steroid dienone is 1. The van der Waals surface area contributed by atoms with Gasteiger partial charge in [0.1, 0.15) is 39.8 Å². The summed E-state index contributed by atoms with van der Waals surface area (Å²) in [6.45, 7) is 4.52. The third-order valence-electron chi connectivity index (χ3n) is 10.8. The van der Waals surface area contributed by atoms with Crippen LogP contribution < -0.4 is 30.1 Å². The summed E-state index contributed by atoms with van der Waals surface area (Å²) in [7, 11) is -2.83. The normalized spacial score (nSPS) is 22.6. The average molecular weight is 860 g/mol. The van der Waals surface area contributed by atoms with E-state index in [9.17, 15) is 32.7 Å². The first-order valence-electron chi connectivity index (χ1n) is 20.0. The largest absolute Gasteiger partial charge is 0.497 e. The van der Waals surface area contributed by atoms with Crippen LogP contribution in [-0.4, -0.2) is 96.0 Å². The fourth-order valence-corrected chi connectivity index (χ4v) is 9.70. The van der Waals surface area contributed by atoms with Crippen LogP contribution in [0.25, 0.3) is 22.3 Å². The molecule has 0 radical (unpaired) electrons. The second kappa shape index (κ2) is 17.8. The molecule has 5 N–H and O–H groups in total. The quantitative estimate of drug-likeness (QED) is 0.121. The Morgan fingerprint density at radius 2 is 1.88 bits per heavy atom. The first-order chi connectivity index (χ1) is 28.8. The Kier molecular flexibility index (Phi) is 12.6. The Labute approximate surface area is 352 Å². The van der Waals surface area contributed by atoms with E-state index in [4.69, 9.17) is 19.4 Å². The predicted octanol–water partition coefficient (Wildman–Crippen LogP) is 5.32. The van der Waals surface area contributed by atoms with Crippen molar-refractivity contribution in [2.45, 2.75) is 93.8 Å². The van der Waals surface area contributed by atoms with Crippen LogP contribution in [0.5, 0.6) is 11.5 Å². The number of nitrogens with zero attached hydrogens (tertiary/aromatic N) is 3. The van der Waals surface area contributed by atoms with E-state index in [0.717, 1.165) is 30.8 Å². The molecule has 1 aliphatic carbocycles. The number of ether oxygens (including phenoxy) is 2. The Balaban J connectivity index is 1.18. The second-order valence-electron chi connectivity index (χ2n) is 15.6. The molecule has 0 unspecified atom stereocenters. The number of carbonyl (C=O) groups is 4. The highest BCUT2D eigenvalue weighted by atomic mass is 32.2. The lowest BCUT2D eigenvalue weighted by Gasteiger charge is -2.26. The Bertz CT molecular complexity index is 2420. The molecule has 7 rings (SSSR count). The lowest BCUT2D eigenvalue weighted by atomic mass is 10.1. The molecule has 1 saturated heterocycles. The van der Waals surface area contributed by atoms with Gasteiger partial charge in [0.25, 0.3) is 15.9 Å². The van der Waals surface area contributed by atoms with Gasteiger partial charge in [-0.1, -0.05) is 30.7 Å². The summed E-state index contributed by atoms with van der Waals surface area (Å²) in [5, 5.41) is 22.0. The molecule has 60 heavy (non-hydrogen) atoms. The average Bonchev–Trinajstić information content (AvgIpc) is 3.48. The zero-order valence-electron chi connectivity index (χ0n) is 33.6. The summed E-state index contributed by atoms with van der Waals surface area (Å²) < 4.78 is 41.8.